The molecular weight excluding hydrogens is 469 g/mol. The molecular formula is C21H28IN3O3. The van der Waals surface area contributed by atoms with Crippen molar-refractivity contribution >= 4 is 35.6 Å². The molecule has 2 unspecified atom stereocenters. The van der Waals surface area contributed by atoms with Crippen LogP contribution in [-0.2, 0) is 0 Å². The number of benzene rings is 2. The van der Waals surface area contributed by atoms with E-state index in [2.05, 4.69) is 46.0 Å². The smallest absolute Gasteiger partial charge is 0.203 e. The Hall–Kier alpha value is -2.16. The highest BCUT2D eigenvalue weighted by Gasteiger charge is 2.37. The van der Waals surface area contributed by atoms with E-state index >= 15 is 0 Å². The van der Waals surface area contributed by atoms with E-state index < -0.39 is 0 Å². The first-order chi connectivity index (χ1) is 13.2. The predicted molar refractivity (Wildman–Crippen MR) is 124 cm³/mol. The van der Waals surface area contributed by atoms with Crippen LogP contribution in [0.3, 0.4) is 0 Å². The summed E-state index contributed by atoms with van der Waals surface area (Å²) in [4.78, 5) is 4.32. The number of ether oxygens (including phenoxy) is 3. The fourth-order valence-corrected chi connectivity index (χ4v) is 3.28. The van der Waals surface area contributed by atoms with Crippen LogP contribution in [0.2, 0.25) is 0 Å². The van der Waals surface area contributed by atoms with Crippen molar-refractivity contribution in [2.45, 2.75) is 12.3 Å². The first-order valence-electron chi connectivity index (χ1n) is 9.02. The van der Waals surface area contributed by atoms with E-state index in [0.29, 0.717) is 35.0 Å². The van der Waals surface area contributed by atoms with Crippen LogP contribution in [0.15, 0.2) is 47.5 Å². The van der Waals surface area contributed by atoms with E-state index in [1.54, 1.807) is 28.4 Å². The molecule has 28 heavy (non-hydrogen) atoms. The van der Waals surface area contributed by atoms with Gasteiger partial charge in [0, 0.05) is 31.4 Å². The van der Waals surface area contributed by atoms with Gasteiger partial charge in [-0.3, -0.25) is 4.99 Å². The Morgan fingerprint density at radius 2 is 1.68 bits per heavy atom. The largest absolute Gasteiger partial charge is 0.493 e. The first-order valence-corrected chi connectivity index (χ1v) is 9.02. The fourth-order valence-electron chi connectivity index (χ4n) is 3.28. The zero-order valence-electron chi connectivity index (χ0n) is 16.7. The average molecular weight is 497 g/mol. The van der Waals surface area contributed by atoms with E-state index in [1.165, 1.54) is 12.0 Å². The number of anilines is 1. The van der Waals surface area contributed by atoms with Crippen LogP contribution in [0.4, 0.5) is 5.69 Å². The molecule has 0 amide bonds. The van der Waals surface area contributed by atoms with Crippen molar-refractivity contribution in [1.82, 2.24) is 5.32 Å². The Morgan fingerprint density at radius 3 is 2.21 bits per heavy atom. The van der Waals surface area contributed by atoms with Gasteiger partial charge in [-0.05, 0) is 23.8 Å². The van der Waals surface area contributed by atoms with Gasteiger partial charge in [-0.15, -0.1) is 24.0 Å². The van der Waals surface area contributed by atoms with Gasteiger partial charge in [0.05, 0.1) is 21.3 Å². The zero-order chi connectivity index (χ0) is 19.2. The second-order valence-electron chi connectivity index (χ2n) is 6.51. The number of nitrogens with one attached hydrogen (secondary N) is 2. The molecule has 0 radical (unpaired) electrons. The Labute approximate surface area is 183 Å². The van der Waals surface area contributed by atoms with Gasteiger partial charge in [0.1, 0.15) is 0 Å². The molecule has 2 aromatic rings. The predicted octanol–water partition coefficient (Wildman–Crippen LogP) is 4.12. The number of aliphatic imine (C=N–C) groups is 1. The molecule has 152 valence electrons. The summed E-state index contributed by atoms with van der Waals surface area (Å²) in [5.41, 5.74) is 2.23. The Kier molecular flexibility index (Phi) is 8.22. The number of guanidine groups is 1. The van der Waals surface area contributed by atoms with Gasteiger partial charge < -0.3 is 24.8 Å². The number of hydrogen-bond acceptors (Lipinski definition) is 4. The second-order valence-corrected chi connectivity index (χ2v) is 6.51. The molecule has 0 spiro atoms. The highest BCUT2D eigenvalue weighted by Crippen LogP contribution is 2.46. The SMILES string of the molecule is CN=C(NCC1CC1c1ccccc1)Nc1cc(OC)c(OC)c(OC)c1.I. The van der Waals surface area contributed by atoms with Crippen molar-refractivity contribution in [1.29, 1.82) is 0 Å². The van der Waals surface area contributed by atoms with E-state index in [0.717, 1.165) is 12.2 Å². The van der Waals surface area contributed by atoms with Crippen LogP contribution in [0.5, 0.6) is 17.2 Å². The molecule has 3 rings (SSSR count). The molecule has 1 aliphatic carbocycles. The molecule has 6 nitrogen and oxygen atoms in total. The maximum absolute atomic E-state index is 5.40. The summed E-state index contributed by atoms with van der Waals surface area (Å²) in [5.74, 6) is 3.74. The van der Waals surface area contributed by atoms with Crippen LogP contribution >= 0.6 is 24.0 Å². The van der Waals surface area contributed by atoms with Crippen molar-refractivity contribution < 1.29 is 14.2 Å². The van der Waals surface area contributed by atoms with Crippen LogP contribution in [-0.4, -0.2) is 40.9 Å². The van der Waals surface area contributed by atoms with Gasteiger partial charge in [0.25, 0.3) is 0 Å². The van der Waals surface area contributed by atoms with Gasteiger partial charge >= 0.3 is 0 Å². The Bertz CT molecular complexity index is 774. The quantitative estimate of drug-likeness (QED) is 0.343. The highest BCUT2D eigenvalue weighted by atomic mass is 127. The van der Waals surface area contributed by atoms with Gasteiger partial charge in [-0.2, -0.15) is 0 Å². The van der Waals surface area contributed by atoms with Gasteiger partial charge in [0.15, 0.2) is 17.5 Å². The third kappa shape index (κ3) is 5.21. The summed E-state index contributed by atoms with van der Waals surface area (Å²) < 4.78 is 16.2. The molecule has 1 fully saturated rings. The van der Waals surface area contributed by atoms with Gasteiger partial charge in [-0.25, -0.2) is 0 Å². The molecule has 0 heterocycles. The topological polar surface area (TPSA) is 64.1 Å². The lowest BCUT2D eigenvalue weighted by molar-refractivity contribution is 0.324. The highest BCUT2D eigenvalue weighted by molar-refractivity contribution is 14.0. The maximum atomic E-state index is 5.40. The molecule has 2 atom stereocenters. The summed E-state index contributed by atoms with van der Waals surface area (Å²) in [5, 5.41) is 6.70. The van der Waals surface area contributed by atoms with Crippen molar-refractivity contribution in [2.75, 3.05) is 40.2 Å². The van der Waals surface area contributed by atoms with Crippen molar-refractivity contribution in [3.63, 3.8) is 0 Å². The van der Waals surface area contributed by atoms with E-state index in [1.807, 2.05) is 12.1 Å². The Balaban J connectivity index is 0.00000280. The lowest BCUT2D eigenvalue weighted by Gasteiger charge is -2.16. The molecule has 2 aromatic carbocycles. The van der Waals surface area contributed by atoms with Crippen LogP contribution < -0.4 is 24.8 Å². The molecule has 2 N–H and O–H groups in total. The third-order valence-electron chi connectivity index (χ3n) is 4.83. The number of hydrogen-bond donors (Lipinski definition) is 2. The molecule has 0 aliphatic heterocycles. The number of rotatable bonds is 7. The van der Waals surface area contributed by atoms with Crippen LogP contribution in [0, 0.1) is 5.92 Å². The number of methoxy groups -OCH3 is 3. The minimum absolute atomic E-state index is 0. The molecule has 1 saturated carbocycles. The summed E-state index contributed by atoms with van der Waals surface area (Å²) in [6.45, 7) is 0.879. The number of nitrogens with zero attached hydrogens (tertiary/aromatic N) is 1. The van der Waals surface area contributed by atoms with Crippen molar-refractivity contribution in [3.05, 3.63) is 48.0 Å². The molecule has 0 aromatic heterocycles. The monoisotopic (exact) mass is 497 g/mol. The lowest BCUT2D eigenvalue weighted by atomic mass is 10.1. The van der Waals surface area contributed by atoms with Crippen LogP contribution in [0.1, 0.15) is 17.9 Å². The third-order valence-corrected chi connectivity index (χ3v) is 4.83. The molecule has 1 aliphatic rings. The number of halogens is 1. The normalized spacial score (nSPS) is 17.9. The summed E-state index contributed by atoms with van der Waals surface area (Å²) in [6, 6.07) is 14.4. The molecule has 0 bridgehead atoms. The van der Waals surface area contributed by atoms with Gasteiger partial charge in [0.2, 0.25) is 5.75 Å². The fraction of sp³-hybridized carbons (Fsp3) is 0.381. The first kappa shape index (κ1) is 22.1. The average Bonchev–Trinajstić information content (AvgIpc) is 3.50. The van der Waals surface area contributed by atoms with Crippen molar-refractivity contribution in [3.8, 4) is 17.2 Å². The summed E-state index contributed by atoms with van der Waals surface area (Å²) in [6.07, 6.45) is 1.21. The molecule has 7 heteroatoms. The van der Waals surface area contributed by atoms with E-state index in [-0.39, 0.29) is 24.0 Å². The minimum atomic E-state index is 0. The standard InChI is InChI=1S/C21H27N3O3.HI/c1-22-21(23-13-15-10-17(15)14-8-6-5-7-9-14)24-16-11-18(25-2)20(27-4)19(12-16)26-3;/h5-9,11-12,15,17H,10,13H2,1-4H3,(H2,22,23,24);1H. The zero-order valence-corrected chi connectivity index (χ0v) is 19.0. The van der Waals surface area contributed by atoms with Crippen LogP contribution in [0.25, 0.3) is 0 Å². The summed E-state index contributed by atoms with van der Waals surface area (Å²) in [7, 11) is 6.55. The maximum Gasteiger partial charge on any atom is 0.203 e. The minimum Gasteiger partial charge on any atom is -0.493 e. The summed E-state index contributed by atoms with van der Waals surface area (Å²) >= 11 is 0. The molecule has 0 saturated heterocycles. The van der Waals surface area contributed by atoms with E-state index in [4.69, 9.17) is 14.2 Å². The van der Waals surface area contributed by atoms with E-state index in [9.17, 15) is 0 Å². The van der Waals surface area contributed by atoms with Crippen molar-refractivity contribution in [2.24, 2.45) is 10.9 Å². The lowest BCUT2D eigenvalue weighted by Crippen LogP contribution is -2.32. The second kappa shape index (κ2) is 10.4. The van der Waals surface area contributed by atoms with Gasteiger partial charge in [-0.1, -0.05) is 30.3 Å². The Morgan fingerprint density at radius 1 is 1.04 bits per heavy atom.